The molecule has 4 nitrogen and oxygen atoms in total. The Bertz CT molecular complexity index is 366. The van der Waals surface area contributed by atoms with Crippen molar-refractivity contribution in [1.82, 2.24) is 9.47 Å². The molecule has 96 valence electrons. The van der Waals surface area contributed by atoms with Crippen LogP contribution in [0.25, 0.3) is 0 Å². The van der Waals surface area contributed by atoms with E-state index in [2.05, 4.69) is 0 Å². The quantitative estimate of drug-likeness (QED) is 0.723. The topological polar surface area (TPSA) is 45.5 Å². The highest BCUT2D eigenvalue weighted by molar-refractivity contribution is 5.97. The second kappa shape index (κ2) is 6.46. The van der Waals surface area contributed by atoms with E-state index in [1.165, 1.54) is 4.90 Å². The van der Waals surface area contributed by atoms with Crippen LogP contribution in [0.3, 0.4) is 0 Å². The monoisotopic (exact) mass is 246 g/mol. The van der Waals surface area contributed by atoms with Crippen LogP contribution in [0.5, 0.6) is 0 Å². The zero-order valence-electron chi connectivity index (χ0n) is 9.64. The predicted molar refractivity (Wildman–Crippen MR) is 59.3 cm³/mol. The van der Waals surface area contributed by atoms with Crippen molar-refractivity contribution in [3.63, 3.8) is 0 Å². The van der Waals surface area contributed by atoms with Crippen LogP contribution in [0.1, 0.15) is 10.4 Å². The molecular formula is C11H16F2N2O2. The summed E-state index contributed by atoms with van der Waals surface area (Å²) in [6.45, 7) is -0.772. The highest BCUT2D eigenvalue weighted by atomic mass is 19.3. The van der Waals surface area contributed by atoms with Crippen LogP contribution in [0, 0.1) is 0 Å². The Hall–Kier alpha value is -1.27. The Morgan fingerprint density at radius 2 is 2.29 bits per heavy atom. The summed E-state index contributed by atoms with van der Waals surface area (Å²) in [6.07, 6.45) is 0.851. The number of aryl methyl sites for hydroxylation is 1. The lowest BCUT2D eigenvalue weighted by Crippen LogP contribution is -2.36. The van der Waals surface area contributed by atoms with Gasteiger partial charge in [-0.1, -0.05) is 0 Å². The lowest BCUT2D eigenvalue weighted by Gasteiger charge is -2.19. The predicted octanol–water partition coefficient (Wildman–Crippen LogP) is 0.767. The first-order chi connectivity index (χ1) is 8.02. The van der Waals surface area contributed by atoms with Crippen molar-refractivity contribution in [3.8, 4) is 0 Å². The van der Waals surface area contributed by atoms with Gasteiger partial charge in [0, 0.05) is 31.5 Å². The maximum Gasteiger partial charge on any atom is 0.251 e. The summed E-state index contributed by atoms with van der Waals surface area (Å²) < 4.78 is 26.2. The molecule has 1 aromatic heterocycles. The fraction of sp³-hybridized carbons (Fsp3) is 0.545. The Kier molecular flexibility index (Phi) is 5.24. The van der Waals surface area contributed by atoms with Crippen LogP contribution >= 0.6 is 0 Å². The Labute approximate surface area is 98.5 Å². The summed E-state index contributed by atoms with van der Waals surface area (Å²) in [5.41, 5.74) is 0.490. The van der Waals surface area contributed by atoms with Gasteiger partial charge in [0.2, 0.25) is 0 Å². The molecule has 0 radical (unpaired) electrons. The molecule has 0 saturated carbocycles. The number of aliphatic hydroxyl groups is 1. The van der Waals surface area contributed by atoms with Gasteiger partial charge in [-0.25, -0.2) is 8.78 Å². The van der Waals surface area contributed by atoms with Crippen molar-refractivity contribution in [3.05, 3.63) is 24.0 Å². The Morgan fingerprint density at radius 1 is 1.59 bits per heavy atom. The van der Waals surface area contributed by atoms with Crippen LogP contribution in [-0.4, -0.2) is 53.0 Å². The molecule has 0 aliphatic heterocycles. The third-order valence-electron chi connectivity index (χ3n) is 2.33. The van der Waals surface area contributed by atoms with E-state index < -0.39 is 13.0 Å². The van der Waals surface area contributed by atoms with Gasteiger partial charge in [0.15, 0.2) is 5.78 Å². The maximum absolute atomic E-state index is 12.2. The maximum atomic E-state index is 12.2. The number of rotatable bonds is 7. The van der Waals surface area contributed by atoms with Crippen LogP contribution in [0.4, 0.5) is 8.78 Å². The minimum absolute atomic E-state index is 0.0723. The molecule has 0 atom stereocenters. The van der Waals surface area contributed by atoms with E-state index in [9.17, 15) is 13.6 Å². The lowest BCUT2D eigenvalue weighted by atomic mass is 10.2. The molecule has 0 aliphatic carbocycles. The summed E-state index contributed by atoms with van der Waals surface area (Å²) >= 11 is 0. The van der Waals surface area contributed by atoms with Crippen molar-refractivity contribution in [1.29, 1.82) is 0 Å². The molecule has 0 amide bonds. The van der Waals surface area contributed by atoms with Gasteiger partial charge in [-0.15, -0.1) is 0 Å². The molecule has 0 aliphatic rings. The fourth-order valence-electron chi connectivity index (χ4n) is 1.53. The zero-order valence-corrected chi connectivity index (χ0v) is 9.64. The van der Waals surface area contributed by atoms with Gasteiger partial charge in [-0.05, 0) is 6.07 Å². The smallest absolute Gasteiger partial charge is 0.251 e. The average molecular weight is 246 g/mol. The number of hydrogen-bond acceptors (Lipinski definition) is 3. The van der Waals surface area contributed by atoms with Gasteiger partial charge in [0.1, 0.15) is 0 Å². The molecule has 0 unspecified atom stereocenters. The van der Waals surface area contributed by atoms with Crippen molar-refractivity contribution < 1.29 is 18.7 Å². The van der Waals surface area contributed by atoms with Crippen molar-refractivity contribution in [2.45, 2.75) is 6.43 Å². The van der Waals surface area contributed by atoms with E-state index in [-0.39, 0.29) is 25.5 Å². The van der Waals surface area contributed by atoms with Gasteiger partial charge < -0.3 is 9.67 Å². The second-order valence-corrected chi connectivity index (χ2v) is 3.84. The van der Waals surface area contributed by atoms with Crippen molar-refractivity contribution >= 4 is 5.78 Å². The Balaban J connectivity index is 2.57. The number of ketones is 1. The third kappa shape index (κ3) is 4.62. The number of nitrogens with zero attached hydrogens (tertiary/aromatic N) is 2. The number of aliphatic hydroxyl groups excluding tert-OH is 1. The largest absolute Gasteiger partial charge is 0.395 e. The molecule has 6 heteroatoms. The highest BCUT2D eigenvalue weighted by Gasteiger charge is 2.16. The minimum Gasteiger partial charge on any atom is -0.395 e. The number of Topliss-reactive ketones (excluding diaryl/α,β-unsaturated/α-hetero) is 1. The highest BCUT2D eigenvalue weighted by Crippen LogP contribution is 2.04. The van der Waals surface area contributed by atoms with E-state index in [0.717, 1.165) is 0 Å². The molecule has 17 heavy (non-hydrogen) atoms. The number of alkyl halides is 2. The van der Waals surface area contributed by atoms with Crippen LogP contribution in [0.2, 0.25) is 0 Å². The first kappa shape index (κ1) is 13.8. The molecule has 1 heterocycles. The molecular weight excluding hydrogens is 230 g/mol. The first-order valence-corrected chi connectivity index (χ1v) is 5.29. The van der Waals surface area contributed by atoms with Crippen molar-refractivity contribution in [2.75, 3.05) is 26.2 Å². The minimum atomic E-state index is -2.51. The lowest BCUT2D eigenvalue weighted by molar-refractivity contribution is 0.0689. The van der Waals surface area contributed by atoms with E-state index in [4.69, 9.17) is 5.11 Å². The molecule has 0 aromatic carbocycles. The van der Waals surface area contributed by atoms with E-state index >= 15 is 0 Å². The fourth-order valence-corrected chi connectivity index (χ4v) is 1.53. The standard InChI is InChI=1S/C11H16F2N2O2/c1-14-3-2-9(6-14)10(17)7-15(4-5-16)8-11(12)13/h2-3,6,11,16H,4-5,7-8H2,1H3. The summed E-state index contributed by atoms with van der Waals surface area (Å²) in [6, 6.07) is 1.64. The normalized spacial score (nSPS) is 11.4. The van der Waals surface area contributed by atoms with Crippen molar-refractivity contribution in [2.24, 2.45) is 7.05 Å². The molecule has 1 rings (SSSR count). The third-order valence-corrected chi connectivity index (χ3v) is 2.33. The van der Waals surface area contributed by atoms with Gasteiger partial charge in [-0.3, -0.25) is 9.69 Å². The number of hydrogen-bond donors (Lipinski definition) is 1. The Morgan fingerprint density at radius 3 is 2.76 bits per heavy atom. The van der Waals surface area contributed by atoms with Gasteiger partial charge in [-0.2, -0.15) is 0 Å². The SMILES string of the molecule is Cn1ccc(C(=O)CN(CCO)CC(F)F)c1. The van der Waals surface area contributed by atoms with Gasteiger partial charge in [0.05, 0.1) is 19.7 Å². The number of carbonyl (C=O) groups excluding carboxylic acids is 1. The van der Waals surface area contributed by atoms with E-state index in [1.54, 1.807) is 30.1 Å². The molecule has 0 spiro atoms. The molecule has 0 saturated heterocycles. The number of aromatic nitrogens is 1. The first-order valence-electron chi connectivity index (χ1n) is 5.29. The average Bonchev–Trinajstić information content (AvgIpc) is 2.64. The van der Waals surface area contributed by atoms with Crippen LogP contribution in [-0.2, 0) is 7.05 Å². The summed E-state index contributed by atoms with van der Waals surface area (Å²) in [5, 5.41) is 8.74. The molecule has 1 aromatic rings. The van der Waals surface area contributed by atoms with Gasteiger partial charge >= 0.3 is 0 Å². The zero-order chi connectivity index (χ0) is 12.8. The van der Waals surface area contributed by atoms with Crippen LogP contribution in [0.15, 0.2) is 18.5 Å². The van der Waals surface area contributed by atoms with Crippen LogP contribution < -0.4 is 0 Å². The second-order valence-electron chi connectivity index (χ2n) is 3.84. The summed E-state index contributed by atoms with van der Waals surface area (Å²) in [5.74, 6) is -0.222. The summed E-state index contributed by atoms with van der Waals surface area (Å²) in [7, 11) is 1.78. The van der Waals surface area contributed by atoms with E-state index in [0.29, 0.717) is 5.56 Å². The molecule has 0 bridgehead atoms. The van der Waals surface area contributed by atoms with Gasteiger partial charge in [0.25, 0.3) is 6.43 Å². The number of carbonyl (C=O) groups is 1. The molecule has 1 N–H and O–H groups in total. The molecule has 0 fully saturated rings. The number of halogens is 2. The van der Waals surface area contributed by atoms with E-state index in [1.807, 2.05) is 0 Å². The summed E-state index contributed by atoms with van der Waals surface area (Å²) in [4.78, 5) is 13.0.